The molecule has 0 saturated carbocycles. The Bertz CT molecular complexity index is 738. The zero-order chi connectivity index (χ0) is 17.0. The third-order valence-corrected chi connectivity index (χ3v) is 3.53. The van der Waals surface area contributed by atoms with Crippen LogP contribution in [-0.4, -0.2) is 16.9 Å². The van der Waals surface area contributed by atoms with Gasteiger partial charge in [-0.1, -0.05) is 41.4 Å². The number of carbonyl (C=O) groups is 1. The molecule has 1 atom stereocenters. The maximum absolute atomic E-state index is 12.1. The Morgan fingerprint density at radius 1 is 1.22 bits per heavy atom. The van der Waals surface area contributed by atoms with Gasteiger partial charge < -0.3 is 10.1 Å². The summed E-state index contributed by atoms with van der Waals surface area (Å²) in [6.45, 7) is 1.57. The van der Waals surface area contributed by atoms with Crippen molar-refractivity contribution in [2.75, 3.05) is 5.32 Å². The Balaban J connectivity index is 2.11. The Kier molecular flexibility index (Phi) is 5.41. The van der Waals surface area contributed by atoms with Gasteiger partial charge in [0.15, 0.2) is 6.10 Å². The minimum Gasteiger partial charge on any atom is -0.481 e. The fraction of sp³-hybridized carbons (Fsp3) is 0.133. The van der Waals surface area contributed by atoms with Crippen LogP contribution in [0, 0.1) is 10.1 Å². The highest BCUT2D eigenvalue weighted by molar-refractivity contribution is 6.37. The summed E-state index contributed by atoms with van der Waals surface area (Å²) in [5.74, 6) is 0.0867. The number of nitrogens with zero attached hydrogens (tertiary/aromatic N) is 1. The molecular weight excluding hydrogens is 343 g/mol. The number of ether oxygens (including phenoxy) is 1. The normalized spacial score (nSPS) is 11.6. The summed E-state index contributed by atoms with van der Waals surface area (Å²) < 4.78 is 5.48. The summed E-state index contributed by atoms with van der Waals surface area (Å²) in [5, 5.41) is 13.2. The number of nitro benzene ring substituents is 1. The van der Waals surface area contributed by atoms with Gasteiger partial charge in [-0.2, -0.15) is 0 Å². The zero-order valence-corrected chi connectivity index (χ0v) is 13.5. The largest absolute Gasteiger partial charge is 0.481 e. The number of rotatable bonds is 5. The second-order valence-electron chi connectivity index (χ2n) is 4.60. The van der Waals surface area contributed by atoms with E-state index in [4.69, 9.17) is 27.9 Å². The van der Waals surface area contributed by atoms with E-state index in [-0.39, 0.29) is 21.4 Å². The summed E-state index contributed by atoms with van der Waals surface area (Å²) >= 11 is 11.7. The lowest BCUT2D eigenvalue weighted by atomic mass is 10.2. The molecular formula is C15H12Cl2N2O4. The molecule has 6 nitrogen and oxygen atoms in total. The number of carbonyl (C=O) groups excluding carboxylic acids is 1. The van der Waals surface area contributed by atoms with Crippen LogP contribution in [0.15, 0.2) is 42.5 Å². The van der Waals surface area contributed by atoms with E-state index in [9.17, 15) is 14.9 Å². The van der Waals surface area contributed by atoms with E-state index in [0.717, 1.165) is 6.07 Å². The Morgan fingerprint density at radius 2 is 1.87 bits per heavy atom. The molecule has 0 saturated heterocycles. The van der Waals surface area contributed by atoms with Gasteiger partial charge in [-0.15, -0.1) is 0 Å². The van der Waals surface area contributed by atoms with Gasteiger partial charge in [0, 0.05) is 6.07 Å². The van der Waals surface area contributed by atoms with E-state index in [1.165, 1.54) is 6.07 Å². The molecule has 0 radical (unpaired) electrons. The standard InChI is InChI=1S/C15H12Cl2N2O4/c1-9(23-10-5-3-2-4-6-10)15(20)18-13-7-12(17)14(19(21)22)8-11(13)16/h2-9H,1H3,(H,18,20)/t9-/m1/s1. The highest BCUT2D eigenvalue weighted by Crippen LogP contribution is 2.34. The summed E-state index contributed by atoms with van der Waals surface area (Å²) in [7, 11) is 0. The number of para-hydroxylation sites is 1. The molecule has 0 aliphatic heterocycles. The molecule has 0 bridgehead atoms. The average molecular weight is 355 g/mol. The van der Waals surface area contributed by atoms with Crippen LogP contribution in [0.5, 0.6) is 5.75 Å². The number of amides is 1. The first-order chi connectivity index (χ1) is 10.9. The second-order valence-corrected chi connectivity index (χ2v) is 5.42. The van der Waals surface area contributed by atoms with Crippen LogP contribution in [-0.2, 0) is 4.79 Å². The summed E-state index contributed by atoms with van der Waals surface area (Å²) in [6.07, 6.45) is -0.789. The van der Waals surface area contributed by atoms with Gasteiger partial charge in [-0.3, -0.25) is 14.9 Å². The van der Waals surface area contributed by atoms with Gasteiger partial charge >= 0.3 is 0 Å². The molecule has 0 aliphatic rings. The molecule has 0 heterocycles. The van der Waals surface area contributed by atoms with Gasteiger partial charge in [0.25, 0.3) is 11.6 Å². The molecule has 0 spiro atoms. The molecule has 2 rings (SSSR count). The summed E-state index contributed by atoms with van der Waals surface area (Å²) in [4.78, 5) is 22.2. The van der Waals surface area contributed by atoms with Crippen LogP contribution >= 0.6 is 23.2 Å². The average Bonchev–Trinajstić information content (AvgIpc) is 2.51. The second kappa shape index (κ2) is 7.30. The van der Waals surface area contributed by atoms with E-state index in [0.29, 0.717) is 5.75 Å². The van der Waals surface area contributed by atoms with Crippen molar-refractivity contribution < 1.29 is 14.5 Å². The first-order valence-corrected chi connectivity index (χ1v) is 7.30. The first kappa shape index (κ1) is 17.1. The van der Waals surface area contributed by atoms with Gasteiger partial charge in [0.2, 0.25) is 0 Å². The highest BCUT2D eigenvalue weighted by atomic mass is 35.5. The monoisotopic (exact) mass is 354 g/mol. The molecule has 23 heavy (non-hydrogen) atoms. The molecule has 120 valence electrons. The molecule has 0 aliphatic carbocycles. The highest BCUT2D eigenvalue weighted by Gasteiger charge is 2.20. The molecule has 1 N–H and O–H groups in total. The number of halogens is 2. The van der Waals surface area contributed by atoms with Crippen LogP contribution in [0.2, 0.25) is 10.0 Å². The topological polar surface area (TPSA) is 81.5 Å². The first-order valence-electron chi connectivity index (χ1n) is 6.54. The van der Waals surface area contributed by atoms with Crippen molar-refractivity contribution in [1.82, 2.24) is 0 Å². The van der Waals surface area contributed by atoms with Crippen molar-refractivity contribution in [1.29, 1.82) is 0 Å². The molecule has 0 aromatic heterocycles. The van der Waals surface area contributed by atoms with E-state index in [1.807, 2.05) is 6.07 Å². The molecule has 0 fully saturated rings. The van der Waals surface area contributed by atoms with Crippen LogP contribution in [0.1, 0.15) is 6.92 Å². The van der Waals surface area contributed by atoms with Crippen molar-refractivity contribution in [3.8, 4) is 5.75 Å². The molecule has 2 aromatic rings. The Morgan fingerprint density at radius 3 is 2.48 bits per heavy atom. The predicted molar refractivity (Wildman–Crippen MR) is 88.3 cm³/mol. The SMILES string of the molecule is C[C@@H](Oc1ccccc1)C(=O)Nc1cc(Cl)c([N+](=O)[O-])cc1Cl. The Labute approximate surface area is 142 Å². The van der Waals surface area contributed by atoms with E-state index < -0.39 is 16.9 Å². The Hall–Kier alpha value is -2.31. The lowest BCUT2D eigenvalue weighted by molar-refractivity contribution is -0.384. The van der Waals surface area contributed by atoms with Gasteiger partial charge in [0.1, 0.15) is 10.8 Å². The van der Waals surface area contributed by atoms with Crippen molar-refractivity contribution in [3.63, 3.8) is 0 Å². The minimum absolute atomic E-state index is 0.0151. The fourth-order valence-corrected chi connectivity index (χ4v) is 2.20. The maximum atomic E-state index is 12.1. The molecule has 1 amide bonds. The summed E-state index contributed by atoms with van der Waals surface area (Å²) in [5.41, 5.74) is -0.154. The third kappa shape index (κ3) is 4.34. The number of nitro groups is 1. The van der Waals surface area contributed by atoms with Gasteiger partial charge in [-0.05, 0) is 25.1 Å². The number of nitrogens with one attached hydrogen (secondary N) is 1. The number of anilines is 1. The third-order valence-electron chi connectivity index (χ3n) is 2.92. The van der Waals surface area contributed by atoms with Crippen LogP contribution in [0.25, 0.3) is 0 Å². The smallest absolute Gasteiger partial charge is 0.289 e. The molecule has 2 aromatic carbocycles. The van der Waals surface area contributed by atoms with Gasteiger partial charge in [0.05, 0.1) is 15.6 Å². The molecule has 8 heteroatoms. The quantitative estimate of drug-likeness (QED) is 0.640. The number of benzene rings is 2. The number of hydrogen-bond acceptors (Lipinski definition) is 4. The van der Waals surface area contributed by atoms with Crippen LogP contribution < -0.4 is 10.1 Å². The van der Waals surface area contributed by atoms with Crippen molar-refractivity contribution >= 4 is 40.5 Å². The lowest BCUT2D eigenvalue weighted by Gasteiger charge is -2.15. The van der Waals surface area contributed by atoms with E-state index in [1.54, 1.807) is 31.2 Å². The fourth-order valence-electron chi connectivity index (χ4n) is 1.76. The van der Waals surface area contributed by atoms with Crippen molar-refractivity contribution in [2.45, 2.75) is 13.0 Å². The van der Waals surface area contributed by atoms with Crippen molar-refractivity contribution in [3.05, 3.63) is 62.6 Å². The van der Waals surface area contributed by atoms with Crippen LogP contribution in [0.4, 0.5) is 11.4 Å². The number of hydrogen-bond donors (Lipinski definition) is 1. The van der Waals surface area contributed by atoms with Gasteiger partial charge in [-0.25, -0.2) is 0 Å². The minimum atomic E-state index is -0.789. The van der Waals surface area contributed by atoms with Crippen LogP contribution in [0.3, 0.4) is 0 Å². The maximum Gasteiger partial charge on any atom is 0.289 e. The van der Waals surface area contributed by atoms with E-state index in [2.05, 4.69) is 5.32 Å². The zero-order valence-electron chi connectivity index (χ0n) is 12.0. The summed E-state index contributed by atoms with van der Waals surface area (Å²) in [6, 6.07) is 11.2. The predicted octanol–water partition coefficient (Wildman–Crippen LogP) is 4.31. The molecule has 0 unspecified atom stereocenters. The lowest BCUT2D eigenvalue weighted by Crippen LogP contribution is -2.30. The van der Waals surface area contributed by atoms with Crippen molar-refractivity contribution in [2.24, 2.45) is 0 Å². The van der Waals surface area contributed by atoms with E-state index >= 15 is 0 Å².